The van der Waals surface area contributed by atoms with Crippen molar-refractivity contribution in [2.75, 3.05) is 41.7 Å². The first-order chi connectivity index (χ1) is 46.2. The van der Waals surface area contributed by atoms with Crippen molar-refractivity contribution in [1.29, 1.82) is 0 Å². The van der Waals surface area contributed by atoms with E-state index in [1.54, 1.807) is 41.4 Å². The number of aromatic nitrogens is 8. The second-order valence-corrected chi connectivity index (χ2v) is 25.8. The summed E-state index contributed by atoms with van der Waals surface area (Å²) in [7, 11) is 5.54. The fourth-order valence-electron chi connectivity index (χ4n) is 11.4. The predicted molar refractivity (Wildman–Crippen MR) is 375 cm³/mol. The lowest BCUT2D eigenvalue weighted by molar-refractivity contribution is -0.142. The van der Waals surface area contributed by atoms with Crippen LogP contribution >= 0.6 is 22.7 Å². The molecule has 0 aliphatic heterocycles. The van der Waals surface area contributed by atoms with Crippen molar-refractivity contribution in [2.24, 2.45) is 11.3 Å². The van der Waals surface area contributed by atoms with Crippen LogP contribution in [-0.2, 0) is 64.3 Å². The van der Waals surface area contributed by atoms with Crippen molar-refractivity contribution in [3.05, 3.63) is 180 Å². The van der Waals surface area contributed by atoms with Crippen molar-refractivity contribution in [3.63, 3.8) is 0 Å². The Labute approximate surface area is 560 Å². The Morgan fingerprint density at radius 1 is 0.453 bits per heavy atom. The summed E-state index contributed by atoms with van der Waals surface area (Å²) in [6, 6.07) is 53.7. The van der Waals surface area contributed by atoms with Crippen LogP contribution in [0.4, 0.5) is 0 Å². The number of carbonyl (C=O) groups is 4. The lowest BCUT2D eigenvalue weighted by Gasteiger charge is -2.21. The largest absolute Gasteiger partial charge is 0.494 e. The number of methoxy groups -OCH3 is 4. The zero-order chi connectivity index (χ0) is 66.7. The standard InChI is InChI=1S/C25H30N2O3.C22H26N2O3.2C14H12N2O2S/c1-29-24(28)18-27-23-15-6-5-14-22(23)25(26-27)20-12-7-13-21(17-20)30-16-8-11-19-9-3-2-4-10-19;1-22(2,3)12-13-27-17-9-7-8-16(14-17)21-18-10-5-6-11-19(18)24(23-21)15-20(25)26-4;1-18-13(17)9-16-11-6-3-2-5-10(11)14(15-16)12-7-4-8-19-12;1-18-13(17)8-16-12-5-3-2-4-11(12)14(15-16)10-6-7-19-9-10/h5-7,12-15,17,19H,2-4,8-11,16,18H2,1H3;5-11,14H,12-13,15H2,1-4H3;2-8H,9H2,1H3;2-7,9H,8H2,1H3. The molecule has 0 spiro atoms. The average Bonchev–Trinajstić information content (AvgIpc) is 1.69. The Bertz CT molecular complexity index is 4370. The van der Waals surface area contributed by atoms with Gasteiger partial charge in [0.15, 0.2) is 0 Å². The molecule has 20 heteroatoms. The molecule has 1 saturated carbocycles. The van der Waals surface area contributed by atoms with E-state index >= 15 is 0 Å². The van der Waals surface area contributed by atoms with E-state index in [4.69, 9.17) is 33.5 Å². The topological polar surface area (TPSA) is 195 Å². The summed E-state index contributed by atoms with van der Waals surface area (Å²) in [5.74, 6) is 1.33. The smallest absolute Gasteiger partial charge is 0.327 e. The van der Waals surface area contributed by atoms with Gasteiger partial charge in [0.2, 0.25) is 0 Å². The molecule has 0 saturated heterocycles. The SMILES string of the molecule is COC(=O)Cn1nc(-c2cccc(OCCC(C)(C)C)c2)c2ccccc21.COC(=O)Cn1nc(-c2cccc(OCCCC3CCCCC3)c2)c2ccccc21.COC(=O)Cn1nc(-c2cccs2)c2ccccc21.COC(=O)Cn1nc(-c2ccsc2)c2ccccc21. The van der Waals surface area contributed by atoms with Crippen LogP contribution in [-0.4, -0.2) is 105 Å². The number of esters is 4. The Balaban J connectivity index is 0.000000141. The first-order valence-electron chi connectivity index (χ1n) is 31.8. The predicted octanol–water partition coefficient (Wildman–Crippen LogP) is 16.2. The van der Waals surface area contributed by atoms with Crippen LogP contribution in [0.1, 0.15) is 72.1 Å². The number of para-hydroxylation sites is 4. The number of carbonyl (C=O) groups excluding carboxylic acids is 4. The molecule has 6 aromatic heterocycles. The number of thiophene rings is 2. The van der Waals surface area contributed by atoms with Gasteiger partial charge >= 0.3 is 23.9 Å². The van der Waals surface area contributed by atoms with E-state index in [1.165, 1.54) is 67.0 Å². The van der Waals surface area contributed by atoms with Crippen LogP contribution in [0.25, 0.3) is 88.0 Å². The van der Waals surface area contributed by atoms with E-state index in [0.29, 0.717) is 6.61 Å². The summed E-state index contributed by atoms with van der Waals surface area (Å²) in [5.41, 5.74) is 10.4. The summed E-state index contributed by atoms with van der Waals surface area (Å²) in [6.07, 6.45) is 10.3. The average molecular weight is 1320 g/mol. The van der Waals surface area contributed by atoms with Crippen LogP contribution in [0.5, 0.6) is 11.5 Å². The highest BCUT2D eigenvalue weighted by Gasteiger charge is 2.20. The molecule has 6 aromatic carbocycles. The van der Waals surface area contributed by atoms with Crippen molar-refractivity contribution < 1.29 is 47.6 Å². The van der Waals surface area contributed by atoms with Crippen molar-refractivity contribution in [3.8, 4) is 55.8 Å². The van der Waals surface area contributed by atoms with Gasteiger partial charge in [-0.25, -0.2) is 0 Å². The number of rotatable bonds is 20. The summed E-state index contributed by atoms with van der Waals surface area (Å²) in [4.78, 5) is 47.5. The van der Waals surface area contributed by atoms with Gasteiger partial charge in [0.25, 0.3) is 0 Å². The summed E-state index contributed by atoms with van der Waals surface area (Å²) >= 11 is 3.27. The highest BCUT2D eigenvalue weighted by molar-refractivity contribution is 7.13. The highest BCUT2D eigenvalue weighted by Crippen LogP contribution is 2.35. The maximum absolute atomic E-state index is 11.8. The monoisotopic (exact) mass is 1320 g/mol. The zero-order valence-corrected chi connectivity index (χ0v) is 56.4. The Hall–Kier alpha value is -9.92. The maximum atomic E-state index is 11.8. The molecule has 6 heterocycles. The van der Waals surface area contributed by atoms with Crippen molar-refractivity contribution in [1.82, 2.24) is 39.1 Å². The Morgan fingerprint density at radius 2 is 0.863 bits per heavy atom. The van der Waals surface area contributed by atoms with E-state index < -0.39 is 0 Å². The van der Waals surface area contributed by atoms with E-state index in [2.05, 4.69) is 41.4 Å². The minimum absolute atomic E-state index is 0.0821. The van der Waals surface area contributed by atoms with Gasteiger partial charge in [-0.15, -0.1) is 11.3 Å². The molecule has 1 aliphatic carbocycles. The zero-order valence-electron chi connectivity index (χ0n) is 54.8. The lowest BCUT2D eigenvalue weighted by Crippen LogP contribution is -2.12. The third-order valence-electron chi connectivity index (χ3n) is 16.3. The van der Waals surface area contributed by atoms with Crippen molar-refractivity contribution >= 4 is 90.2 Å². The van der Waals surface area contributed by atoms with Crippen LogP contribution in [0.3, 0.4) is 0 Å². The van der Waals surface area contributed by atoms with E-state index in [0.717, 1.165) is 125 Å². The number of benzene rings is 6. The molecule has 0 amide bonds. The molecule has 492 valence electrons. The highest BCUT2D eigenvalue weighted by atomic mass is 32.1. The van der Waals surface area contributed by atoms with E-state index in [-0.39, 0.29) is 55.5 Å². The van der Waals surface area contributed by atoms with E-state index in [1.807, 2.05) is 175 Å². The molecule has 1 fully saturated rings. The molecule has 12 aromatic rings. The summed E-state index contributed by atoms with van der Waals surface area (Å²) < 4.78 is 37.8. The molecule has 18 nitrogen and oxygen atoms in total. The molecule has 0 bridgehead atoms. The molecular weight excluding hydrogens is 1240 g/mol. The molecule has 0 N–H and O–H groups in total. The normalized spacial score (nSPS) is 12.2. The van der Waals surface area contributed by atoms with Gasteiger partial charge in [-0.05, 0) is 102 Å². The van der Waals surface area contributed by atoms with E-state index in [9.17, 15) is 19.2 Å². The van der Waals surface area contributed by atoms with Gasteiger partial charge in [0.1, 0.15) is 60.5 Å². The fourth-order valence-corrected chi connectivity index (χ4v) is 12.7. The molecule has 0 radical (unpaired) electrons. The Kier molecular flexibility index (Phi) is 23.4. The molecular formula is C75H80N8O10S2. The second-order valence-electron chi connectivity index (χ2n) is 24.1. The third kappa shape index (κ3) is 17.9. The number of ether oxygens (including phenoxy) is 6. The number of fused-ring (bicyclic) bond motifs is 4. The number of hydrogen-bond donors (Lipinski definition) is 0. The van der Waals surface area contributed by atoms with Gasteiger partial charge in [0.05, 0.1) is 68.6 Å². The first kappa shape index (κ1) is 68.0. The quantitative estimate of drug-likeness (QED) is 0.0397. The number of nitrogens with zero attached hydrogens (tertiary/aromatic N) is 8. The van der Waals surface area contributed by atoms with Crippen LogP contribution in [0.2, 0.25) is 0 Å². The molecule has 0 unspecified atom stereocenters. The van der Waals surface area contributed by atoms with Crippen LogP contribution in [0, 0.1) is 11.3 Å². The van der Waals surface area contributed by atoms with Gasteiger partial charge in [0, 0.05) is 43.6 Å². The first-order valence-corrected chi connectivity index (χ1v) is 33.6. The summed E-state index contributed by atoms with van der Waals surface area (Å²) in [6.45, 7) is 8.45. The molecule has 95 heavy (non-hydrogen) atoms. The molecule has 1 aliphatic rings. The minimum atomic E-state index is -0.325. The van der Waals surface area contributed by atoms with Gasteiger partial charge in [-0.3, -0.25) is 37.9 Å². The maximum Gasteiger partial charge on any atom is 0.327 e. The van der Waals surface area contributed by atoms with Crippen LogP contribution < -0.4 is 9.47 Å². The fraction of sp³-hybridized carbons (Fsp3) is 0.307. The van der Waals surface area contributed by atoms with Crippen molar-refractivity contribution in [2.45, 2.75) is 98.3 Å². The van der Waals surface area contributed by atoms with Gasteiger partial charge in [-0.1, -0.05) is 156 Å². The Morgan fingerprint density at radius 3 is 1.26 bits per heavy atom. The van der Waals surface area contributed by atoms with Crippen LogP contribution in [0.15, 0.2) is 180 Å². The third-order valence-corrected chi connectivity index (χ3v) is 17.9. The molecule has 13 rings (SSSR count). The second kappa shape index (κ2) is 32.8. The number of hydrogen-bond acceptors (Lipinski definition) is 16. The van der Waals surface area contributed by atoms with Gasteiger partial charge < -0.3 is 28.4 Å². The minimum Gasteiger partial charge on any atom is -0.494 e. The molecule has 0 atom stereocenters. The lowest BCUT2D eigenvalue weighted by atomic mass is 9.86. The van der Waals surface area contributed by atoms with Gasteiger partial charge in [-0.2, -0.15) is 31.7 Å². The summed E-state index contributed by atoms with van der Waals surface area (Å²) in [5, 5.41) is 28.7.